The number of carbonyl (C=O) groups is 2. The second kappa shape index (κ2) is 8.70. The molecule has 0 radical (unpaired) electrons. The van der Waals surface area contributed by atoms with Gasteiger partial charge in [0.05, 0.1) is 17.4 Å². The van der Waals surface area contributed by atoms with Crippen LogP contribution in [-0.4, -0.2) is 28.9 Å². The maximum Gasteiger partial charge on any atom is 0.275 e. The van der Waals surface area contributed by atoms with Gasteiger partial charge in [-0.15, -0.1) is 35.1 Å². The number of aromatic nitrogens is 2. The molecule has 0 aliphatic carbocycles. The van der Waals surface area contributed by atoms with E-state index in [-0.39, 0.29) is 18.1 Å². The minimum absolute atomic E-state index is 0. The molecule has 0 unspecified atom stereocenters. The lowest BCUT2D eigenvalue weighted by Crippen LogP contribution is -2.24. The molecule has 0 bridgehead atoms. The van der Waals surface area contributed by atoms with Crippen molar-refractivity contribution < 1.29 is 14.3 Å². The summed E-state index contributed by atoms with van der Waals surface area (Å²) in [7, 11) is 1.63. The summed E-state index contributed by atoms with van der Waals surface area (Å²) in [5.41, 5.74) is 1.57. The van der Waals surface area contributed by atoms with Gasteiger partial charge in [-0.3, -0.25) is 14.9 Å². The number of nitrogens with one attached hydrogen (secondary N) is 2. The average molecular weight is 485 g/mol. The molecule has 4 aromatic rings. The van der Waals surface area contributed by atoms with Crippen molar-refractivity contribution in [2.45, 2.75) is 6.92 Å². The molecule has 0 atom stereocenters. The number of halogens is 1. The molecule has 2 N–H and O–H groups in total. The number of anilines is 1. The Morgan fingerprint density at radius 3 is 2.44 bits per heavy atom. The molecule has 10 heteroatoms. The highest BCUT2D eigenvalue weighted by molar-refractivity contribution is 7.22. The van der Waals surface area contributed by atoms with Crippen molar-refractivity contribution in [1.29, 1.82) is 0 Å². The van der Waals surface area contributed by atoms with Gasteiger partial charge in [-0.2, -0.15) is 0 Å². The van der Waals surface area contributed by atoms with Crippen molar-refractivity contribution in [3.05, 3.63) is 59.1 Å². The second-order valence-corrected chi connectivity index (χ2v) is 8.82. The molecule has 0 saturated heterocycles. The molecule has 0 spiro atoms. The predicted molar refractivity (Wildman–Crippen MR) is 129 cm³/mol. The highest BCUT2D eigenvalue weighted by atomic mass is 35.5. The summed E-state index contributed by atoms with van der Waals surface area (Å²) in [6.07, 6.45) is 0. The largest absolute Gasteiger partial charge is 0.497 e. The number of hydrogen-bond acceptors (Lipinski definition) is 8. The Morgan fingerprint density at radius 1 is 1.03 bits per heavy atom. The van der Waals surface area contributed by atoms with Gasteiger partial charge in [-0.05, 0) is 54.3 Å². The van der Waals surface area contributed by atoms with Crippen molar-refractivity contribution in [2.24, 2.45) is 0 Å². The first kappa shape index (κ1) is 21.9. The van der Waals surface area contributed by atoms with Crippen molar-refractivity contribution in [1.82, 2.24) is 15.3 Å². The molecular formula is C22H17ClN4O3S2. The predicted octanol–water partition coefficient (Wildman–Crippen LogP) is 4.86. The Balaban J connectivity index is 0.00000245. The number of ether oxygens (including phenoxy) is 1. The Bertz CT molecular complexity index is 1360. The van der Waals surface area contributed by atoms with Gasteiger partial charge in [0.1, 0.15) is 22.1 Å². The summed E-state index contributed by atoms with van der Waals surface area (Å²) in [6.45, 7) is 1.61. The number of amides is 2. The van der Waals surface area contributed by atoms with Crippen LogP contribution in [0.15, 0.2) is 59.1 Å². The number of hydrogen-bond donors (Lipinski definition) is 2. The number of imide groups is 1. The van der Waals surface area contributed by atoms with Gasteiger partial charge in [0.15, 0.2) is 5.82 Å². The normalized spacial score (nSPS) is 13.3. The summed E-state index contributed by atoms with van der Waals surface area (Å²) in [5, 5.41) is 8.13. The molecule has 7 nitrogen and oxygen atoms in total. The number of thiophene rings is 2. The van der Waals surface area contributed by atoms with Gasteiger partial charge in [-0.25, -0.2) is 9.97 Å². The van der Waals surface area contributed by atoms with Crippen LogP contribution >= 0.6 is 35.1 Å². The quantitative estimate of drug-likeness (QED) is 0.393. The second-order valence-electron chi connectivity index (χ2n) is 6.84. The number of carbonyl (C=O) groups excluding carboxylic acids is 2. The fraction of sp³-hybridized carbons (Fsp3) is 0.0909. The van der Waals surface area contributed by atoms with Crippen molar-refractivity contribution in [3.8, 4) is 26.9 Å². The number of benzene rings is 1. The molecular weight excluding hydrogens is 468 g/mol. The van der Waals surface area contributed by atoms with E-state index in [9.17, 15) is 9.59 Å². The van der Waals surface area contributed by atoms with Crippen LogP contribution in [0.4, 0.5) is 5.82 Å². The smallest absolute Gasteiger partial charge is 0.275 e. The molecule has 5 rings (SSSR count). The van der Waals surface area contributed by atoms with Crippen LogP contribution in [0.3, 0.4) is 0 Å². The molecule has 4 heterocycles. The third-order valence-corrected chi connectivity index (χ3v) is 6.87. The zero-order valence-corrected chi connectivity index (χ0v) is 19.4. The van der Waals surface area contributed by atoms with Crippen LogP contribution < -0.4 is 15.4 Å². The molecule has 2 amide bonds. The summed E-state index contributed by atoms with van der Waals surface area (Å²) in [5.74, 6) is 0.976. The van der Waals surface area contributed by atoms with Crippen LogP contribution in [0.25, 0.3) is 31.4 Å². The summed E-state index contributed by atoms with van der Waals surface area (Å²) >= 11 is 3.08. The fourth-order valence-corrected chi connectivity index (χ4v) is 4.94. The van der Waals surface area contributed by atoms with E-state index >= 15 is 0 Å². The van der Waals surface area contributed by atoms with Gasteiger partial charge < -0.3 is 10.1 Å². The van der Waals surface area contributed by atoms with Gasteiger partial charge in [0.2, 0.25) is 0 Å². The lowest BCUT2D eigenvalue weighted by molar-refractivity contribution is -0.124. The lowest BCUT2D eigenvalue weighted by atomic mass is 10.1. The van der Waals surface area contributed by atoms with E-state index in [0.29, 0.717) is 17.2 Å². The molecule has 1 aliphatic heterocycles. The van der Waals surface area contributed by atoms with Gasteiger partial charge in [-0.1, -0.05) is 6.07 Å². The van der Waals surface area contributed by atoms with E-state index in [2.05, 4.69) is 15.6 Å². The average Bonchev–Trinajstić information content (AvgIpc) is 3.50. The standard InChI is InChI=1S/C22H16N4O3S2.ClH/c1-11-17(21(28)26-20(11)27)23-18-14-10-16(12-5-7-13(29-2)8-6-12)31-22(14)25-19(24-18)15-4-3-9-30-15;/h3-10H,1-2H3,(H2,23,24,25,26,27,28);1H. The van der Waals surface area contributed by atoms with E-state index in [0.717, 1.165) is 31.3 Å². The van der Waals surface area contributed by atoms with E-state index in [1.165, 1.54) is 22.7 Å². The maximum absolute atomic E-state index is 12.2. The van der Waals surface area contributed by atoms with E-state index in [1.54, 1.807) is 14.0 Å². The van der Waals surface area contributed by atoms with Gasteiger partial charge >= 0.3 is 0 Å². The minimum Gasteiger partial charge on any atom is -0.497 e. The van der Waals surface area contributed by atoms with Crippen molar-refractivity contribution >= 4 is 62.9 Å². The molecule has 3 aromatic heterocycles. The van der Waals surface area contributed by atoms with Crippen LogP contribution in [0, 0.1) is 0 Å². The van der Waals surface area contributed by atoms with E-state index < -0.39 is 11.8 Å². The van der Waals surface area contributed by atoms with Crippen LogP contribution in [0.1, 0.15) is 6.92 Å². The minimum atomic E-state index is -0.461. The Hall–Kier alpha value is -3.27. The van der Waals surface area contributed by atoms with Crippen molar-refractivity contribution in [2.75, 3.05) is 12.4 Å². The maximum atomic E-state index is 12.2. The SMILES string of the molecule is COc1ccc(-c2cc3c(NC4=C(C)C(=O)NC4=O)nc(-c4cccs4)nc3s2)cc1.Cl. The first-order chi connectivity index (χ1) is 15.0. The topological polar surface area (TPSA) is 93.2 Å². The monoisotopic (exact) mass is 484 g/mol. The summed E-state index contributed by atoms with van der Waals surface area (Å²) in [4.78, 5) is 36.3. The van der Waals surface area contributed by atoms with E-state index in [4.69, 9.17) is 9.72 Å². The Labute approximate surface area is 197 Å². The number of nitrogens with zero attached hydrogens (tertiary/aromatic N) is 2. The lowest BCUT2D eigenvalue weighted by Gasteiger charge is -2.08. The number of rotatable bonds is 5. The zero-order chi connectivity index (χ0) is 21.5. The summed E-state index contributed by atoms with van der Waals surface area (Å²) in [6, 6.07) is 13.7. The summed E-state index contributed by atoms with van der Waals surface area (Å²) < 4.78 is 5.25. The first-order valence-corrected chi connectivity index (χ1v) is 11.1. The number of fused-ring (bicyclic) bond motifs is 1. The Morgan fingerprint density at radius 2 is 1.81 bits per heavy atom. The Kier molecular flexibility index (Phi) is 5.96. The highest BCUT2D eigenvalue weighted by Crippen LogP contribution is 2.38. The third-order valence-electron chi connectivity index (χ3n) is 4.92. The molecule has 0 saturated carbocycles. The zero-order valence-electron chi connectivity index (χ0n) is 17.0. The van der Waals surface area contributed by atoms with Crippen molar-refractivity contribution in [3.63, 3.8) is 0 Å². The van der Waals surface area contributed by atoms with Crippen LogP contribution in [-0.2, 0) is 9.59 Å². The molecule has 1 aromatic carbocycles. The fourth-order valence-electron chi connectivity index (χ4n) is 3.24. The highest BCUT2D eigenvalue weighted by Gasteiger charge is 2.28. The first-order valence-electron chi connectivity index (χ1n) is 9.37. The molecule has 1 aliphatic rings. The third kappa shape index (κ3) is 3.86. The van der Waals surface area contributed by atoms with Gasteiger partial charge in [0.25, 0.3) is 11.8 Å². The van der Waals surface area contributed by atoms with E-state index in [1.807, 2.05) is 47.8 Å². The molecule has 0 fully saturated rings. The van der Waals surface area contributed by atoms with Crippen LogP contribution in [0.5, 0.6) is 5.75 Å². The van der Waals surface area contributed by atoms with Gasteiger partial charge in [0, 0.05) is 10.5 Å². The number of methoxy groups -OCH3 is 1. The molecule has 32 heavy (non-hydrogen) atoms. The van der Waals surface area contributed by atoms with Crippen LogP contribution in [0.2, 0.25) is 0 Å². The molecule has 162 valence electrons.